The molecule has 0 radical (unpaired) electrons. The van der Waals surface area contributed by atoms with Crippen molar-refractivity contribution in [2.24, 2.45) is 0 Å². The molecule has 1 aliphatic heterocycles. The summed E-state index contributed by atoms with van der Waals surface area (Å²) in [6.07, 6.45) is 6.27. The molecule has 7 heteroatoms. The molecule has 3 heterocycles. The third-order valence-electron chi connectivity index (χ3n) is 3.52. The van der Waals surface area contributed by atoms with Gasteiger partial charge in [-0.15, -0.1) is 0 Å². The van der Waals surface area contributed by atoms with Gasteiger partial charge in [-0.25, -0.2) is 4.98 Å². The highest BCUT2D eigenvalue weighted by Crippen LogP contribution is 2.34. The molecule has 2 aromatic rings. The highest BCUT2D eigenvalue weighted by atomic mass is 35.5. The van der Waals surface area contributed by atoms with Crippen molar-refractivity contribution in [2.75, 3.05) is 18.0 Å². The number of hydrogen-bond donors (Lipinski definition) is 0. The number of rotatable bonds is 2. The van der Waals surface area contributed by atoms with Crippen molar-refractivity contribution in [2.45, 2.75) is 12.8 Å². The van der Waals surface area contributed by atoms with Crippen LogP contribution in [0.5, 0.6) is 0 Å². The van der Waals surface area contributed by atoms with E-state index in [0.717, 1.165) is 13.1 Å². The van der Waals surface area contributed by atoms with Gasteiger partial charge in [0.2, 0.25) is 0 Å². The van der Waals surface area contributed by atoms with E-state index in [2.05, 4.69) is 9.88 Å². The highest BCUT2D eigenvalue weighted by molar-refractivity contribution is 6.47. The predicted molar refractivity (Wildman–Crippen MR) is 87.3 cm³/mol. The van der Waals surface area contributed by atoms with Gasteiger partial charge in [0.05, 0.1) is 0 Å². The van der Waals surface area contributed by atoms with E-state index in [1.807, 2.05) is 24.5 Å². The Morgan fingerprint density at radius 3 is 1.95 bits per heavy atom. The zero-order chi connectivity index (χ0) is 15.0. The van der Waals surface area contributed by atoms with Gasteiger partial charge in [-0.2, -0.15) is 4.57 Å². The standard InChI is InChI=1S/C14H12Cl4N3/c15-10-12(11(16)14(18)19-13(10)17)21-7-3-9(4-8-21)20-5-1-2-6-20/h3-4,7-8H,1-2,5-6H2/q+1. The van der Waals surface area contributed by atoms with Crippen molar-refractivity contribution in [1.82, 2.24) is 4.98 Å². The molecule has 0 unspecified atom stereocenters. The summed E-state index contributed by atoms with van der Waals surface area (Å²) in [4.78, 5) is 6.23. The number of halogens is 4. The van der Waals surface area contributed by atoms with Crippen LogP contribution in [0.25, 0.3) is 5.69 Å². The summed E-state index contributed by atoms with van der Waals surface area (Å²) in [5.74, 6) is 0. The van der Waals surface area contributed by atoms with E-state index in [9.17, 15) is 0 Å². The highest BCUT2D eigenvalue weighted by Gasteiger charge is 2.24. The molecule has 2 aromatic heterocycles. The summed E-state index contributed by atoms with van der Waals surface area (Å²) in [5.41, 5.74) is 1.72. The number of aromatic nitrogens is 2. The van der Waals surface area contributed by atoms with Crippen LogP contribution in [0, 0.1) is 0 Å². The van der Waals surface area contributed by atoms with E-state index in [4.69, 9.17) is 46.4 Å². The van der Waals surface area contributed by atoms with Crippen molar-refractivity contribution in [3.05, 3.63) is 44.9 Å². The van der Waals surface area contributed by atoms with E-state index in [1.165, 1.54) is 18.5 Å². The van der Waals surface area contributed by atoms with Crippen LogP contribution in [0.2, 0.25) is 20.4 Å². The Morgan fingerprint density at radius 1 is 0.905 bits per heavy atom. The van der Waals surface area contributed by atoms with E-state index in [1.54, 1.807) is 4.57 Å². The smallest absolute Gasteiger partial charge is 0.254 e. The molecule has 1 saturated heterocycles. The first-order valence-corrected chi connectivity index (χ1v) is 8.06. The van der Waals surface area contributed by atoms with Gasteiger partial charge >= 0.3 is 0 Å². The fraction of sp³-hybridized carbons (Fsp3) is 0.286. The Bertz CT molecular complexity index is 641. The molecule has 1 aliphatic rings. The molecule has 1 fully saturated rings. The Labute approximate surface area is 143 Å². The van der Waals surface area contributed by atoms with Crippen LogP contribution in [-0.4, -0.2) is 18.1 Å². The van der Waals surface area contributed by atoms with E-state index in [-0.39, 0.29) is 20.4 Å². The molecule has 0 amide bonds. The Balaban J connectivity index is 2.01. The van der Waals surface area contributed by atoms with Crippen LogP contribution >= 0.6 is 46.4 Å². The van der Waals surface area contributed by atoms with E-state index < -0.39 is 0 Å². The van der Waals surface area contributed by atoms with Crippen LogP contribution in [0.1, 0.15) is 12.8 Å². The van der Waals surface area contributed by atoms with Gasteiger partial charge in [-0.05, 0) is 12.8 Å². The molecular formula is C14H12Cl4N3+. The second-order valence-electron chi connectivity index (χ2n) is 4.83. The molecule has 0 aliphatic carbocycles. The summed E-state index contributed by atoms with van der Waals surface area (Å²) >= 11 is 24.3. The van der Waals surface area contributed by atoms with Gasteiger partial charge in [0.25, 0.3) is 5.69 Å². The molecule has 0 spiro atoms. The fourth-order valence-corrected chi connectivity index (χ4v) is 3.36. The average Bonchev–Trinajstić information content (AvgIpc) is 3.00. The minimum atomic E-state index is 0.136. The van der Waals surface area contributed by atoms with Crippen LogP contribution < -0.4 is 9.47 Å². The Morgan fingerprint density at radius 2 is 1.43 bits per heavy atom. The first-order chi connectivity index (χ1) is 10.1. The van der Waals surface area contributed by atoms with Gasteiger partial charge in [0, 0.05) is 30.9 Å². The van der Waals surface area contributed by atoms with E-state index in [0.29, 0.717) is 5.69 Å². The Kier molecular flexibility index (Phi) is 4.46. The van der Waals surface area contributed by atoms with Crippen molar-refractivity contribution < 1.29 is 4.57 Å². The fourth-order valence-electron chi connectivity index (χ4n) is 2.46. The maximum absolute atomic E-state index is 6.20. The van der Waals surface area contributed by atoms with Crippen LogP contribution in [0.3, 0.4) is 0 Å². The number of pyridine rings is 2. The SMILES string of the molecule is Clc1nc(Cl)c(Cl)c(-[n+]2ccc(N3CCCC3)cc2)c1Cl. The lowest BCUT2D eigenvalue weighted by atomic mass is 10.3. The monoisotopic (exact) mass is 362 g/mol. The third kappa shape index (κ3) is 2.93. The van der Waals surface area contributed by atoms with Gasteiger partial charge in [0.15, 0.2) is 32.7 Å². The zero-order valence-corrected chi connectivity index (χ0v) is 14.0. The van der Waals surface area contributed by atoms with E-state index >= 15 is 0 Å². The summed E-state index contributed by atoms with van der Waals surface area (Å²) in [7, 11) is 0. The molecule has 3 nitrogen and oxygen atoms in total. The molecule has 0 N–H and O–H groups in total. The van der Waals surface area contributed by atoms with Gasteiger partial charge in [0.1, 0.15) is 0 Å². The molecule has 21 heavy (non-hydrogen) atoms. The lowest BCUT2D eigenvalue weighted by molar-refractivity contribution is -0.595. The van der Waals surface area contributed by atoms with Crippen molar-refractivity contribution in [3.8, 4) is 5.69 Å². The zero-order valence-electron chi connectivity index (χ0n) is 11.0. The summed E-state index contributed by atoms with van der Waals surface area (Å²) in [5, 5.41) is 0.837. The lowest BCUT2D eigenvalue weighted by Gasteiger charge is -2.16. The molecule has 0 saturated carbocycles. The molecule has 0 aromatic carbocycles. The lowest BCUT2D eigenvalue weighted by Crippen LogP contribution is -2.31. The Hall–Kier alpha value is -0.740. The average molecular weight is 364 g/mol. The van der Waals surface area contributed by atoms with Gasteiger partial charge in [-0.3, -0.25) is 0 Å². The summed E-state index contributed by atoms with van der Waals surface area (Å²) in [6.45, 7) is 2.19. The molecule has 0 bridgehead atoms. The van der Waals surface area contributed by atoms with Gasteiger partial charge < -0.3 is 4.90 Å². The molecular weight excluding hydrogens is 352 g/mol. The molecule has 110 valence electrons. The maximum Gasteiger partial charge on any atom is 0.254 e. The summed E-state index contributed by atoms with van der Waals surface area (Å²) in [6, 6.07) is 4.06. The van der Waals surface area contributed by atoms with Crippen molar-refractivity contribution in [3.63, 3.8) is 0 Å². The summed E-state index contributed by atoms with van der Waals surface area (Å²) < 4.78 is 1.80. The molecule has 0 atom stereocenters. The number of hydrogen-bond acceptors (Lipinski definition) is 2. The normalized spacial score (nSPS) is 14.8. The quantitative estimate of drug-likeness (QED) is 0.575. The topological polar surface area (TPSA) is 20.0 Å². The second-order valence-corrected chi connectivity index (χ2v) is 6.30. The first kappa shape index (κ1) is 15.2. The van der Waals surface area contributed by atoms with Crippen LogP contribution in [-0.2, 0) is 0 Å². The van der Waals surface area contributed by atoms with Gasteiger partial charge in [-0.1, -0.05) is 46.4 Å². The molecule has 3 rings (SSSR count). The number of nitrogens with zero attached hydrogens (tertiary/aromatic N) is 3. The number of anilines is 1. The van der Waals surface area contributed by atoms with Crippen molar-refractivity contribution >= 4 is 52.1 Å². The van der Waals surface area contributed by atoms with Crippen molar-refractivity contribution in [1.29, 1.82) is 0 Å². The van der Waals surface area contributed by atoms with Crippen LogP contribution in [0.15, 0.2) is 24.5 Å². The second kappa shape index (κ2) is 6.17. The minimum absolute atomic E-state index is 0.136. The van der Waals surface area contributed by atoms with Crippen LogP contribution in [0.4, 0.5) is 5.69 Å². The minimum Gasteiger partial charge on any atom is -0.371 e. The predicted octanol–water partition coefficient (Wildman–Crippen LogP) is 4.57. The maximum atomic E-state index is 6.20. The third-order valence-corrected chi connectivity index (χ3v) is 4.97. The first-order valence-electron chi connectivity index (χ1n) is 6.54. The largest absolute Gasteiger partial charge is 0.371 e.